The van der Waals surface area contributed by atoms with Crippen LogP contribution in [-0.2, 0) is 4.79 Å². The summed E-state index contributed by atoms with van der Waals surface area (Å²) in [5, 5.41) is 0.722. The maximum Gasteiger partial charge on any atom is 0.312 e. The maximum absolute atomic E-state index is 12.7. The highest BCUT2D eigenvalue weighted by Gasteiger charge is 2.34. The van der Waals surface area contributed by atoms with Crippen molar-refractivity contribution in [3.8, 4) is 11.5 Å². The molecule has 0 spiro atoms. The number of hydrogen-bond acceptors (Lipinski definition) is 4. The smallest absolute Gasteiger partial charge is 0.312 e. The minimum atomic E-state index is -0.397. The van der Waals surface area contributed by atoms with Gasteiger partial charge in [0, 0.05) is 16.9 Å². The number of carbonyl (C=O) groups is 1. The van der Waals surface area contributed by atoms with E-state index in [0.717, 1.165) is 10.9 Å². The summed E-state index contributed by atoms with van der Waals surface area (Å²) in [6.07, 6.45) is 0.106. The second kappa shape index (κ2) is 5.53. The standard InChI is InChI=1S/C19H15NO4/c1-23-15-9-5-3-6-11(15)13-10-16(21)24-18-12-7-2-4-8-14(12)20-19(22)17(13)18/h2-9,13H,10H2,1H3,(H,20,22)/t13-/m1/s1. The molecule has 0 unspecified atom stereocenters. The SMILES string of the molecule is COc1ccccc1[C@H]1CC(=O)Oc2c1c(=O)[nH]c1ccccc21. The summed E-state index contributed by atoms with van der Waals surface area (Å²) in [5.74, 6) is 0.247. The Bertz CT molecular complexity index is 1010. The fraction of sp³-hybridized carbons (Fsp3) is 0.158. The molecule has 0 saturated carbocycles. The highest BCUT2D eigenvalue weighted by Crippen LogP contribution is 2.42. The number of aromatic nitrogens is 1. The molecule has 0 amide bonds. The summed E-state index contributed by atoms with van der Waals surface area (Å²) in [5.41, 5.74) is 1.68. The zero-order valence-corrected chi connectivity index (χ0v) is 13.0. The van der Waals surface area contributed by atoms with Crippen molar-refractivity contribution in [1.82, 2.24) is 4.98 Å². The van der Waals surface area contributed by atoms with Gasteiger partial charge >= 0.3 is 5.97 Å². The first-order chi connectivity index (χ1) is 11.7. The number of benzene rings is 2. The first-order valence-electron chi connectivity index (χ1n) is 7.67. The van der Waals surface area contributed by atoms with Gasteiger partial charge in [0.15, 0.2) is 0 Å². The molecular formula is C19H15NO4. The highest BCUT2D eigenvalue weighted by atomic mass is 16.5. The van der Waals surface area contributed by atoms with Gasteiger partial charge in [-0.05, 0) is 18.2 Å². The number of rotatable bonds is 2. The maximum atomic E-state index is 12.7. The second-order valence-electron chi connectivity index (χ2n) is 5.72. The van der Waals surface area contributed by atoms with E-state index in [2.05, 4.69) is 4.98 Å². The Morgan fingerprint density at radius 3 is 2.67 bits per heavy atom. The zero-order chi connectivity index (χ0) is 16.7. The van der Waals surface area contributed by atoms with Gasteiger partial charge in [0.25, 0.3) is 5.56 Å². The third-order valence-electron chi connectivity index (χ3n) is 4.36. The number of ether oxygens (including phenoxy) is 2. The summed E-state index contributed by atoms with van der Waals surface area (Å²) in [4.78, 5) is 27.8. The van der Waals surface area contributed by atoms with Gasteiger partial charge in [0.1, 0.15) is 11.5 Å². The largest absolute Gasteiger partial charge is 0.496 e. The Hall–Kier alpha value is -3.08. The number of nitrogens with one attached hydrogen (secondary N) is 1. The average molecular weight is 321 g/mol. The molecule has 1 aliphatic rings. The zero-order valence-electron chi connectivity index (χ0n) is 13.0. The lowest BCUT2D eigenvalue weighted by Crippen LogP contribution is -2.28. The van der Waals surface area contributed by atoms with Gasteiger partial charge in [-0.15, -0.1) is 0 Å². The minimum absolute atomic E-state index is 0.106. The molecule has 24 heavy (non-hydrogen) atoms. The third kappa shape index (κ3) is 2.17. The lowest BCUT2D eigenvalue weighted by molar-refractivity contribution is -0.135. The lowest BCUT2D eigenvalue weighted by atomic mass is 9.86. The highest BCUT2D eigenvalue weighted by molar-refractivity contribution is 5.91. The number of esters is 1. The molecular weight excluding hydrogens is 306 g/mol. The van der Waals surface area contributed by atoms with Crippen LogP contribution in [0.2, 0.25) is 0 Å². The van der Waals surface area contributed by atoms with Crippen molar-refractivity contribution < 1.29 is 14.3 Å². The van der Waals surface area contributed by atoms with Crippen LogP contribution in [0.3, 0.4) is 0 Å². The number of para-hydroxylation sites is 2. The Kier molecular flexibility index (Phi) is 3.34. The van der Waals surface area contributed by atoms with Gasteiger partial charge in [-0.25, -0.2) is 0 Å². The molecule has 0 aliphatic carbocycles. The Morgan fingerprint density at radius 1 is 1.08 bits per heavy atom. The number of hydrogen-bond donors (Lipinski definition) is 1. The van der Waals surface area contributed by atoms with E-state index in [0.29, 0.717) is 22.6 Å². The second-order valence-corrected chi connectivity index (χ2v) is 5.72. The molecule has 5 nitrogen and oxygen atoms in total. The van der Waals surface area contributed by atoms with Crippen LogP contribution >= 0.6 is 0 Å². The fourth-order valence-corrected chi connectivity index (χ4v) is 3.30. The third-order valence-corrected chi connectivity index (χ3v) is 4.36. The molecule has 0 radical (unpaired) electrons. The molecule has 3 aromatic rings. The molecule has 4 rings (SSSR count). The Balaban J connectivity index is 2.03. The number of carbonyl (C=O) groups excluding carboxylic acids is 1. The molecule has 120 valence electrons. The summed E-state index contributed by atoms with van der Waals surface area (Å²) >= 11 is 0. The molecule has 2 aromatic carbocycles. The molecule has 1 N–H and O–H groups in total. The molecule has 2 heterocycles. The van der Waals surface area contributed by atoms with E-state index in [4.69, 9.17) is 9.47 Å². The van der Waals surface area contributed by atoms with E-state index < -0.39 is 5.92 Å². The van der Waals surface area contributed by atoms with Gasteiger partial charge < -0.3 is 14.5 Å². The number of methoxy groups -OCH3 is 1. The normalized spacial score (nSPS) is 16.5. The van der Waals surface area contributed by atoms with E-state index in [9.17, 15) is 9.59 Å². The van der Waals surface area contributed by atoms with Gasteiger partial charge in [-0.1, -0.05) is 30.3 Å². The van der Waals surface area contributed by atoms with E-state index in [1.54, 1.807) is 13.2 Å². The number of H-pyrrole nitrogens is 1. The number of pyridine rings is 1. The lowest BCUT2D eigenvalue weighted by Gasteiger charge is -2.26. The molecule has 1 atom stereocenters. The topological polar surface area (TPSA) is 68.4 Å². The molecule has 1 aliphatic heterocycles. The quantitative estimate of drug-likeness (QED) is 0.737. The van der Waals surface area contributed by atoms with Crippen LogP contribution in [0.15, 0.2) is 53.3 Å². The van der Waals surface area contributed by atoms with E-state index in [-0.39, 0.29) is 17.9 Å². The summed E-state index contributed by atoms with van der Waals surface area (Å²) in [7, 11) is 1.57. The van der Waals surface area contributed by atoms with Crippen LogP contribution in [0.25, 0.3) is 10.9 Å². The van der Waals surface area contributed by atoms with Crippen molar-refractivity contribution in [1.29, 1.82) is 0 Å². The molecule has 5 heteroatoms. The summed E-state index contributed by atoms with van der Waals surface area (Å²) in [6, 6.07) is 14.7. The van der Waals surface area contributed by atoms with Crippen molar-refractivity contribution in [2.24, 2.45) is 0 Å². The first kappa shape index (κ1) is 14.5. The average Bonchev–Trinajstić information content (AvgIpc) is 2.61. The van der Waals surface area contributed by atoms with Gasteiger partial charge in [-0.2, -0.15) is 0 Å². The molecule has 0 fully saturated rings. The van der Waals surface area contributed by atoms with Crippen LogP contribution in [0, 0.1) is 0 Å². The van der Waals surface area contributed by atoms with Gasteiger partial charge in [0.2, 0.25) is 0 Å². The van der Waals surface area contributed by atoms with Gasteiger partial charge in [-0.3, -0.25) is 9.59 Å². The van der Waals surface area contributed by atoms with Crippen molar-refractivity contribution >= 4 is 16.9 Å². The van der Waals surface area contributed by atoms with Gasteiger partial charge in [0.05, 0.1) is 24.6 Å². The van der Waals surface area contributed by atoms with E-state index >= 15 is 0 Å². The van der Waals surface area contributed by atoms with Crippen LogP contribution in [0.4, 0.5) is 0 Å². The predicted molar refractivity (Wildman–Crippen MR) is 89.7 cm³/mol. The molecule has 1 aromatic heterocycles. The van der Waals surface area contributed by atoms with Crippen LogP contribution in [0.1, 0.15) is 23.5 Å². The first-order valence-corrected chi connectivity index (χ1v) is 7.67. The monoisotopic (exact) mass is 321 g/mol. The van der Waals surface area contributed by atoms with Crippen molar-refractivity contribution in [3.63, 3.8) is 0 Å². The predicted octanol–water partition coefficient (Wildman–Crippen LogP) is 2.98. The summed E-state index contributed by atoms with van der Waals surface area (Å²) in [6.45, 7) is 0. The Morgan fingerprint density at radius 2 is 1.83 bits per heavy atom. The summed E-state index contributed by atoms with van der Waals surface area (Å²) < 4.78 is 10.9. The van der Waals surface area contributed by atoms with E-state index in [1.807, 2.05) is 42.5 Å². The van der Waals surface area contributed by atoms with Crippen molar-refractivity contribution in [3.05, 3.63) is 70.0 Å². The van der Waals surface area contributed by atoms with Crippen molar-refractivity contribution in [2.45, 2.75) is 12.3 Å². The fourth-order valence-electron chi connectivity index (χ4n) is 3.30. The molecule has 0 bridgehead atoms. The molecule has 0 saturated heterocycles. The van der Waals surface area contributed by atoms with Crippen molar-refractivity contribution in [2.75, 3.05) is 7.11 Å². The van der Waals surface area contributed by atoms with Crippen LogP contribution in [-0.4, -0.2) is 18.1 Å². The number of aromatic amines is 1. The van der Waals surface area contributed by atoms with Crippen LogP contribution < -0.4 is 15.0 Å². The minimum Gasteiger partial charge on any atom is -0.496 e. The Labute approximate surface area is 137 Å². The number of fused-ring (bicyclic) bond motifs is 3. The van der Waals surface area contributed by atoms with Crippen LogP contribution in [0.5, 0.6) is 11.5 Å². The van der Waals surface area contributed by atoms with E-state index in [1.165, 1.54) is 0 Å².